The van der Waals surface area contributed by atoms with E-state index in [0.717, 1.165) is 22.2 Å². The first-order valence-electron chi connectivity index (χ1n) is 7.97. The van der Waals surface area contributed by atoms with E-state index in [-0.39, 0.29) is 5.91 Å². The summed E-state index contributed by atoms with van der Waals surface area (Å²) in [7, 11) is 0. The number of furan rings is 1. The highest BCUT2D eigenvalue weighted by molar-refractivity contribution is 7.14. The molecule has 2 aromatic carbocycles. The molecular formula is C20H16N2O2S. The van der Waals surface area contributed by atoms with Crippen LogP contribution in [0.1, 0.15) is 11.1 Å². The van der Waals surface area contributed by atoms with Crippen LogP contribution in [0.4, 0.5) is 5.13 Å². The lowest BCUT2D eigenvalue weighted by Crippen LogP contribution is -2.14. The van der Waals surface area contributed by atoms with Crippen molar-refractivity contribution < 1.29 is 9.21 Å². The summed E-state index contributed by atoms with van der Waals surface area (Å²) in [5.41, 5.74) is 3.72. The molecule has 2 aromatic heterocycles. The minimum Gasteiger partial charge on any atom is -0.454 e. The van der Waals surface area contributed by atoms with Gasteiger partial charge >= 0.3 is 0 Å². The van der Waals surface area contributed by atoms with Gasteiger partial charge in [-0.2, -0.15) is 0 Å². The van der Waals surface area contributed by atoms with Crippen molar-refractivity contribution in [2.45, 2.75) is 13.3 Å². The number of anilines is 1. The van der Waals surface area contributed by atoms with E-state index >= 15 is 0 Å². The molecule has 25 heavy (non-hydrogen) atoms. The van der Waals surface area contributed by atoms with Gasteiger partial charge in [0, 0.05) is 10.8 Å². The van der Waals surface area contributed by atoms with Gasteiger partial charge in [-0.1, -0.05) is 48.0 Å². The summed E-state index contributed by atoms with van der Waals surface area (Å²) in [4.78, 5) is 16.6. The third-order valence-corrected chi connectivity index (χ3v) is 4.67. The van der Waals surface area contributed by atoms with Gasteiger partial charge in [-0.3, -0.25) is 4.79 Å². The first-order chi connectivity index (χ1) is 12.2. The largest absolute Gasteiger partial charge is 0.454 e. The van der Waals surface area contributed by atoms with E-state index in [1.807, 2.05) is 66.9 Å². The summed E-state index contributed by atoms with van der Waals surface area (Å²) < 4.78 is 5.81. The number of fused-ring (bicyclic) bond motifs is 1. The molecule has 4 nitrogen and oxygen atoms in total. The lowest BCUT2D eigenvalue weighted by atomic mass is 10.1. The number of nitrogens with zero attached hydrogens (tertiary/aromatic N) is 1. The third kappa shape index (κ3) is 3.46. The fourth-order valence-corrected chi connectivity index (χ4v) is 3.32. The first-order valence-corrected chi connectivity index (χ1v) is 8.85. The van der Waals surface area contributed by atoms with Gasteiger partial charge in [0.25, 0.3) is 0 Å². The van der Waals surface area contributed by atoms with Gasteiger partial charge in [0.2, 0.25) is 5.91 Å². The number of aromatic nitrogens is 1. The monoisotopic (exact) mass is 348 g/mol. The Kier molecular flexibility index (Phi) is 4.07. The molecule has 4 rings (SSSR count). The molecule has 0 bridgehead atoms. The molecule has 4 aromatic rings. The van der Waals surface area contributed by atoms with Crippen molar-refractivity contribution in [1.82, 2.24) is 4.98 Å². The molecule has 0 spiro atoms. The molecule has 0 radical (unpaired) electrons. The van der Waals surface area contributed by atoms with E-state index in [9.17, 15) is 4.79 Å². The van der Waals surface area contributed by atoms with Crippen LogP contribution < -0.4 is 5.32 Å². The number of thiazole rings is 1. The molecule has 1 N–H and O–H groups in total. The van der Waals surface area contributed by atoms with Crippen molar-refractivity contribution >= 4 is 33.3 Å². The number of benzene rings is 2. The van der Waals surface area contributed by atoms with E-state index in [1.165, 1.54) is 16.9 Å². The first kappa shape index (κ1) is 15.6. The average Bonchev–Trinajstić information content (AvgIpc) is 3.23. The number of aryl methyl sites for hydroxylation is 1. The van der Waals surface area contributed by atoms with Gasteiger partial charge in [-0.25, -0.2) is 4.98 Å². The molecule has 1 amide bonds. The summed E-state index contributed by atoms with van der Waals surface area (Å²) in [5.74, 6) is 0.630. The van der Waals surface area contributed by atoms with Crippen LogP contribution in [0.15, 0.2) is 64.4 Å². The Bertz CT molecular complexity index is 998. The molecule has 0 saturated carbocycles. The van der Waals surface area contributed by atoms with Crippen LogP contribution >= 0.6 is 11.3 Å². The minimum absolute atomic E-state index is 0.0747. The maximum Gasteiger partial charge on any atom is 0.230 e. The Morgan fingerprint density at radius 1 is 1.16 bits per heavy atom. The molecule has 0 fully saturated rings. The van der Waals surface area contributed by atoms with Gasteiger partial charge in [0.05, 0.1) is 6.42 Å². The second-order valence-corrected chi connectivity index (χ2v) is 6.76. The maximum absolute atomic E-state index is 12.2. The van der Waals surface area contributed by atoms with Crippen LogP contribution in [-0.2, 0) is 11.2 Å². The number of para-hydroxylation sites is 1. The summed E-state index contributed by atoms with van der Waals surface area (Å²) in [6.07, 6.45) is 0.333. The van der Waals surface area contributed by atoms with Crippen molar-refractivity contribution in [3.8, 4) is 11.5 Å². The molecule has 5 heteroatoms. The van der Waals surface area contributed by atoms with Crippen molar-refractivity contribution in [3.05, 3.63) is 71.1 Å². The van der Waals surface area contributed by atoms with Gasteiger partial charge in [-0.15, -0.1) is 11.3 Å². The number of hydrogen-bond acceptors (Lipinski definition) is 4. The molecular weight excluding hydrogens is 332 g/mol. The number of nitrogens with one attached hydrogen (secondary N) is 1. The number of hydrogen-bond donors (Lipinski definition) is 1. The molecule has 0 unspecified atom stereocenters. The topological polar surface area (TPSA) is 55.1 Å². The molecule has 0 aliphatic carbocycles. The highest BCUT2D eigenvalue weighted by Gasteiger charge is 2.12. The zero-order valence-corrected chi connectivity index (χ0v) is 14.5. The summed E-state index contributed by atoms with van der Waals surface area (Å²) in [5, 5.41) is 6.36. The van der Waals surface area contributed by atoms with E-state index in [2.05, 4.69) is 10.3 Å². The van der Waals surface area contributed by atoms with E-state index < -0.39 is 0 Å². The fourth-order valence-electron chi connectivity index (χ4n) is 2.61. The molecule has 0 atom stereocenters. The Balaban J connectivity index is 1.47. The Labute approximate surface area is 149 Å². The van der Waals surface area contributed by atoms with Crippen LogP contribution in [0, 0.1) is 6.92 Å². The third-order valence-electron chi connectivity index (χ3n) is 3.91. The predicted molar refractivity (Wildman–Crippen MR) is 101 cm³/mol. The Hall–Kier alpha value is -2.92. The smallest absolute Gasteiger partial charge is 0.230 e. The highest BCUT2D eigenvalue weighted by Crippen LogP contribution is 2.30. The number of carbonyl (C=O) groups excluding carboxylic acids is 1. The Morgan fingerprint density at radius 3 is 2.76 bits per heavy atom. The van der Waals surface area contributed by atoms with Crippen molar-refractivity contribution in [3.63, 3.8) is 0 Å². The average molecular weight is 348 g/mol. The van der Waals surface area contributed by atoms with Crippen molar-refractivity contribution in [2.24, 2.45) is 0 Å². The molecule has 0 aliphatic heterocycles. The Morgan fingerprint density at radius 2 is 1.96 bits per heavy atom. The minimum atomic E-state index is -0.0747. The van der Waals surface area contributed by atoms with Crippen molar-refractivity contribution in [1.29, 1.82) is 0 Å². The summed E-state index contributed by atoms with van der Waals surface area (Å²) in [6, 6.07) is 17.7. The zero-order valence-electron chi connectivity index (χ0n) is 13.7. The lowest BCUT2D eigenvalue weighted by molar-refractivity contribution is -0.115. The van der Waals surface area contributed by atoms with E-state index in [0.29, 0.717) is 17.3 Å². The molecule has 0 aliphatic rings. The van der Waals surface area contributed by atoms with Crippen LogP contribution in [0.2, 0.25) is 0 Å². The highest BCUT2D eigenvalue weighted by atomic mass is 32.1. The molecule has 2 heterocycles. The second kappa shape index (κ2) is 6.53. The van der Waals surface area contributed by atoms with Gasteiger partial charge < -0.3 is 9.73 Å². The van der Waals surface area contributed by atoms with Gasteiger partial charge in [-0.05, 0) is 24.6 Å². The van der Waals surface area contributed by atoms with E-state index in [1.54, 1.807) is 0 Å². The van der Waals surface area contributed by atoms with Gasteiger partial charge in [0.1, 0.15) is 11.3 Å². The second-order valence-electron chi connectivity index (χ2n) is 5.90. The van der Waals surface area contributed by atoms with Crippen LogP contribution in [-0.4, -0.2) is 10.9 Å². The van der Waals surface area contributed by atoms with E-state index in [4.69, 9.17) is 4.42 Å². The number of carbonyl (C=O) groups is 1. The van der Waals surface area contributed by atoms with Crippen molar-refractivity contribution in [2.75, 3.05) is 5.32 Å². The summed E-state index contributed by atoms with van der Waals surface area (Å²) in [6.45, 7) is 2.03. The zero-order chi connectivity index (χ0) is 17.2. The molecule has 124 valence electrons. The van der Waals surface area contributed by atoms with Crippen LogP contribution in [0.5, 0.6) is 0 Å². The summed E-state index contributed by atoms with van der Waals surface area (Å²) >= 11 is 1.39. The van der Waals surface area contributed by atoms with Crippen LogP contribution in [0.3, 0.4) is 0 Å². The maximum atomic E-state index is 12.2. The van der Waals surface area contributed by atoms with Crippen LogP contribution in [0.25, 0.3) is 22.4 Å². The molecule has 0 saturated heterocycles. The fraction of sp³-hybridized carbons (Fsp3) is 0.100. The predicted octanol–water partition coefficient (Wildman–Crippen LogP) is 5.05. The lowest BCUT2D eigenvalue weighted by Gasteiger charge is -2.02. The SMILES string of the molecule is Cc1ccc(CC(=O)Nc2nc(-c3cc4ccccc4o3)cs2)cc1. The normalized spacial score (nSPS) is 10.9. The number of amides is 1. The standard InChI is InChI=1S/C20H16N2O2S/c1-13-6-8-14(9-7-13)10-19(23)22-20-21-16(12-25-20)18-11-15-4-2-3-5-17(15)24-18/h2-9,11-12H,10H2,1H3,(H,21,22,23). The van der Waals surface area contributed by atoms with Gasteiger partial charge in [0.15, 0.2) is 10.9 Å². The quantitative estimate of drug-likeness (QED) is 0.562. The number of rotatable bonds is 4.